The van der Waals surface area contributed by atoms with Gasteiger partial charge in [0.05, 0.1) is 0 Å². The molecule has 0 aliphatic heterocycles. The van der Waals surface area contributed by atoms with Crippen LogP contribution < -0.4 is 10.9 Å². The highest BCUT2D eigenvalue weighted by Crippen LogP contribution is 2.31. The number of carbonyl (C=O) groups is 1. The van der Waals surface area contributed by atoms with Crippen LogP contribution in [0.25, 0.3) is 0 Å². The maximum absolute atomic E-state index is 13.3. The van der Waals surface area contributed by atoms with Gasteiger partial charge in [-0.2, -0.15) is 0 Å². The zero-order valence-corrected chi connectivity index (χ0v) is 17.4. The molecule has 3 aromatic rings. The van der Waals surface area contributed by atoms with Gasteiger partial charge in [0.1, 0.15) is 0 Å². The van der Waals surface area contributed by atoms with Crippen molar-refractivity contribution in [2.45, 2.75) is 39.3 Å². The third-order valence-corrected chi connectivity index (χ3v) is 5.14. The van der Waals surface area contributed by atoms with Crippen LogP contribution in [0.15, 0.2) is 72.8 Å². The highest BCUT2D eigenvalue weighted by atomic mass is 16.3. The summed E-state index contributed by atoms with van der Waals surface area (Å²) in [4.78, 5) is 13.3. The molecule has 3 aromatic carbocycles. The topological polar surface area (TPSA) is 61.4 Å². The molecule has 0 saturated heterocycles. The molecule has 1 amide bonds. The number of rotatable bonds is 6. The summed E-state index contributed by atoms with van der Waals surface area (Å²) in [6.45, 7) is 7.88. The van der Waals surface area contributed by atoms with Crippen molar-refractivity contribution in [2.24, 2.45) is 0 Å². The normalized spacial score (nSPS) is 12.4. The Labute approximate surface area is 172 Å². The van der Waals surface area contributed by atoms with Gasteiger partial charge in [0.25, 0.3) is 5.91 Å². The standard InChI is InChI=1S/C25H28N2O2/c1-17-8-5-11-21(14-17)20(4)26-27-24(28)25(29,22-12-6-9-18(2)15-22)23-13-7-10-19(3)16-23/h5-16,20,26,29H,1-4H3,(H,27,28). The van der Waals surface area contributed by atoms with E-state index in [1.807, 2.05) is 82.3 Å². The summed E-state index contributed by atoms with van der Waals surface area (Å²) in [5.41, 5.74) is 9.19. The van der Waals surface area contributed by atoms with Crippen LogP contribution in [-0.4, -0.2) is 11.0 Å². The number of amides is 1. The van der Waals surface area contributed by atoms with Gasteiger partial charge in [0.15, 0.2) is 5.60 Å². The van der Waals surface area contributed by atoms with Gasteiger partial charge in [-0.05, 0) is 44.4 Å². The third kappa shape index (κ3) is 4.56. The van der Waals surface area contributed by atoms with E-state index < -0.39 is 11.5 Å². The van der Waals surface area contributed by atoms with Gasteiger partial charge >= 0.3 is 0 Å². The second kappa shape index (κ2) is 8.60. The Kier molecular flexibility index (Phi) is 6.16. The van der Waals surface area contributed by atoms with Crippen LogP contribution in [0.4, 0.5) is 0 Å². The van der Waals surface area contributed by atoms with Gasteiger partial charge < -0.3 is 5.11 Å². The molecular weight excluding hydrogens is 360 g/mol. The lowest BCUT2D eigenvalue weighted by molar-refractivity contribution is -0.138. The SMILES string of the molecule is Cc1cccc(C(C)NNC(=O)C(O)(c2cccc(C)c2)c2cccc(C)c2)c1. The van der Waals surface area contributed by atoms with Crippen LogP contribution in [0.2, 0.25) is 0 Å². The van der Waals surface area contributed by atoms with Crippen LogP contribution in [0.3, 0.4) is 0 Å². The molecule has 0 aromatic heterocycles. The van der Waals surface area contributed by atoms with Gasteiger partial charge in [0.2, 0.25) is 0 Å². The maximum Gasteiger partial charge on any atom is 0.275 e. The maximum atomic E-state index is 13.3. The van der Waals surface area contributed by atoms with Crippen molar-refractivity contribution < 1.29 is 9.90 Å². The van der Waals surface area contributed by atoms with E-state index in [0.29, 0.717) is 11.1 Å². The van der Waals surface area contributed by atoms with E-state index >= 15 is 0 Å². The highest BCUT2D eigenvalue weighted by molar-refractivity contribution is 5.89. The Morgan fingerprint density at radius 3 is 1.79 bits per heavy atom. The molecule has 0 bridgehead atoms. The molecule has 0 fully saturated rings. The molecule has 0 aliphatic carbocycles. The minimum Gasteiger partial charge on any atom is -0.372 e. The Hall–Kier alpha value is -2.95. The largest absolute Gasteiger partial charge is 0.372 e. The first-order chi connectivity index (χ1) is 13.8. The fourth-order valence-corrected chi connectivity index (χ4v) is 3.46. The van der Waals surface area contributed by atoms with Crippen LogP contribution in [0.1, 0.15) is 46.3 Å². The van der Waals surface area contributed by atoms with E-state index in [-0.39, 0.29) is 6.04 Å². The van der Waals surface area contributed by atoms with Gasteiger partial charge in [-0.1, -0.05) is 89.5 Å². The molecule has 3 rings (SSSR count). The predicted molar refractivity (Wildman–Crippen MR) is 116 cm³/mol. The zero-order valence-electron chi connectivity index (χ0n) is 17.4. The quantitative estimate of drug-likeness (QED) is 0.554. The van der Waals surface area contributed by atoms with E-state index in [4.69, 9.17) is 0 Å². The van der Waals surface area contributed by atoms with Crippen molar-refractivity contribution in [2.75, 3.05) is 0 Å². The predicted octanol–water partition coefficient (Wildman–Crippen LogP) is 4.23. The molecule has 0 radical (unpaired) electrons. The smallest absolute Gasteiger partial charge is 0.275 e. The molecule has 0 spiro atoms. The molecule has 3 N–H and O–H groups in total. The number of aliphatic hydroxyl groups is 1. The van der Waals surface area contributed by atoms with E-state index in [9.17, 15) is 9.90 Å². The summed E-state index contributed by atoms with van der Waals surface area (Å²) in [6, 6.07) is 22.8. The Balaban J connectivity index is 1.91. The first kappa shape index (κ1) is 20.8. The number of nitrogens with one attached hydrogen (secondary N) is 2. The summed E-state index contributed by atoms with van der Waals surface area (Å²) >= 11 is 0. The molecule has 4 nitrogen and oxygen atoms in total. The first-order valence-electron chi connectivity index (χ1n) is 9.80. The first-order valence-corrected chi connectivity index (χ1v) is 9.80. The van der Waals surface area contributed by atoms with Crippen molar-refractivity contribution in [1.82, 2.24) is 10.9 Å². The molecule has 0 aliphatic rings. The number of hydrogen-bond acceptors (Lipinski definition) is 3. The van der Waals surface area contributed by atoms with Crippen molar-refractivity contribution in [3.8, 4) is 0 Å². The minimum absolute atomic E-state index is 0.113. The highest BCUT2D eigenvalue weighted by Gasteiger charge is 2.40. The van der Waals surface area contributed by atoms with Crippen molar-refractivity contribution in [3.63, 3.8) is 0 Å². The van der Waals surface area contributed by atoms with Crippen LogP contribution >= 0.6 is 0 Å². The van der Waals surface area contributed by atoms with E-state index in [2.05, 4.69) is 16.9 Å². The molecule has 1 unspecified atom stereocenters. The second-order valence-corrected chi connectivity index (χ2v) is 7.68. The number of benzene rings is 3. The van der Waals surface area contributed by atoms with Crippen molar-refractivity contribution in [1.29, 1.82) is 0 Å². The van der Waals surface area contributed by atoms with Gasteiger partial charge in [-0.25, -0.2) is 5.43 Å². The lowest BCUT2D eigenvalue weighted by Crippen LogP contribution is -2.51. The van der Waals surface area contributed by atoms with Crippen LogP contribution in [0, 0.1) is 20.8 Å². The third-order valence-electron chi connectivity index (χ3n) is 5.14. The average molecular weight is 389 g/mol. The molecule has 0 heterocycles. The van der Waals surface area contributed by atoms with Crippen LogP contribution in [-0.2, 0) is 10.4 Å². The monoisotopic (exact) mass is 388 g/mol. The van der Waals surface area contributed by atoms with Crippen molar-refractivity contribution in [3.05, 3.63) is 106 Å². The number of hydrogen-bond donors (Lipinski definition) is 3. The summed E-state index contributed by atoms with van der Waals surface area (Å²) in [7, 11) is 0. The number of aryl methyl sites for hydroxylation is 3. The molecule has 0 saturated carbocycles. The fourth-order valence-electron chi connectivity index (χ4n) is 3.46. The molecule has 150 valence electrons. The minimum atomic E-state index is -1.81. The van der Waals surface area contributed by atoms with Gasteiger partial charge in [-0.3, -0.25) is 10.2 Å². The van der Waals surface area contributed by atoms with E-state index in [0.717, 1.165) is 22.3 Å². The summed E-state index contributed by atoms with van der Waals surface area (Å²) in [6.07, 6.45) is 0. The molecule has 4 heteroatoms. The lowest BCUT2D eigenvalue weighted by Gasteiger charge is -2.29. The van der Waals surface area contributed by atoms with Gasteiger partial charge in [0, 0.05) is 6.04 Å². The van der Waals surface area contributed by atoms with E-state index in [1.165, 1.54) is 0 Å². The molecule has 29 heavy (non-hydrogen) atoms. The fraction of sp³-hybridized carbons (Fsp3) is 0.240. The lowest BCUT2D eigenvalue weighted by atomic mass is 9.84. The molecule has 1 atom stereocenters. The van der Waals surface area contributed by atoms with Crippen molar-refractivity contribution >= 4 is 5.91 Å². The number of carbonyl (C=O) groups excluding carboxylic acids is 1. The zero-order chi connectivity index (χ0) is 21.0. The van der Waals surface area contributed by atoms with Gasteiger partial charge in [-0.15, -0.1) is 0 Å². The Bertz CT molecular complexity index is 967. The summed E-state index contributed by atoms with van der Waals surface area (Å²) in [5.74, 6) is -0.520. The Morgan fingerprint density at radius 1 is 0.828 bits per heavy atom. The summed E-state index contributed by atoms with van der Waals surface area (Å²) < 4.78 is 0. The van der Waals surface area contributed by atoms with E-state index in [1.54, 1.807) is 12.1 Å². The molecular formula is C25H28N2O2. The average Bonchev–Trinajstić information content (AvgIpc) is 2.71. The number of hydrazine groups is 1. The van der Waals surface area contributed by atoms with Crippen LogP contribution in [0.5, 0.6) is 0 Å². The second-order valence-electron chi connectivity index (χ2n) is 7.68. The Morgan fingerprint density at radius 2 is 1.31 bits per heavy atom. The summed E-state index contributed by atoms with van der Waals surface area (Å²) in [5, 5.41) is 11.6.